The van der Waals surface area contributed by atoms with Crippen molar-refractivity contribution in [3.05, 3.63) is 40.7 Å². The molecule has 1 N–H and O–H groups in total. The largest absolute Gasteiger partial charge is 0.379 e. The summed E-state index contributed by atoms with van der Waals surface area (Å²) in [6, 6.07) is 9.97. The first-order valence-electron chi connectivity index (χ1n) is 8.85. The average Bonchev–Trinajstić information content (AvgIpc) is 3.12. The molecule has 7 heteroatoms. The summed E-state index contributed by atoms with van der Waals surface area (Å²) < 4.78 is 5.40. The van der Waals surface area contributed by atoms with Gasteiger partial charge in [0.25, 0.3) is 0 Å². The number of rotatable bonds is 6. The molecule has 1 fully saturated rings. The number of thiophene rings is 1. The van der Waals surface area contributed by atoms with E-state index in [0.29, 0.717) is 10.8 Å². The maximum Gasteiger partial charge on any atom is 0.173 e. The molecule has 0 amide bonds. The number of morpholine rings is 1. The molecule has 0 aliphatic carbocycles. The van der Waals surface area contributed by atoms with E-state index in [2.05, 4.69) is 16.3 Å². The smallest absolute Gasteiger partial charge is 0.173 e. The van der Waals surface area contributed by atoms with Crippen molar-refractivity contribution in [1.82, 2.24) is 14.9 Å². The minimum atomic E-state index is 0.680. The van der Waals surface area contributed by atoms with Crippen molar-refractivity contribution in [2.45, 2.75) is 6.42 Å². The number of nitrogens with zero attached hydrogens (tertiary/aromatic N) is 3. The van der Waals surface area contributed by atoms with Crippen LogP contribution in [0.1, 0.15) is 6.42 Å². The number of anilines is 1. The summed E-state index contributed by atoms with van der Waals surface area (Å²) in [4.78, 5) is 12.8. The van der Waals surface area contributed by atoms with Crippen molar-refractivity contribution >= 4 is 39.7 Å². The van der Waals surface area contributed by atoms with Crippen LogP contribution in [0, 0.1) is 0 Å². The maximum atomic E-state index is 6.28. The zero-order valence-corrected chi connectivity index (χ0v) is 16.0. The van der Waals surface area contributed by atoms with Crippen molar-refractivity contribution in [2.24, 2.45) is 0 Å². The van der Waals surface area contributed by atoms with Crippen LogP contribution >= 0.6 is 22.9 Å². The van der Waals surface area contributed by atoms with E-state index < -0.39 is 0 Å². The molecule has 1 saturated heterocycles. The number of halogens is 1. The van der Waals surface area contributed by atoms with Crippen LogP contribution in [0.5, 0.6) is 0 Å². The van der Waals surface area contributed by atoms with E-state index in [4.69, 9.17) is 26.3 Å². The highest BCUT2D eigenvalue weighted by Gasteiger charge is 2.13. The van der Waals surface area contributed by atoms with Gasteiger partial charge in [0, 0.05) is 25.0 Å². The fraction of sp³-hybridized carbons (Fsp3) is 0.368. The number of ether oxygens (including phenoxy) is 1. The van der Waals surface area contributed by atoms with Crippen LogP contribution in [-0.4, -0.2) is 54.3 Å². The third-order valence-electron chi connectivity index (χ3n) is 4.47. The van der Waals surface area contributed by atoms with Crippen LogP contribution in [-0.2, 0) is 4.74 Å². The Hall–Kier alpha value is -1.73. The van der Waals surface area contributed by atoms with Crippen molar-refractivity contribution in [3.8, 4) is 10.7 Å². The van der Waals surface area contributed by atoms with E-state index in [1.807, 2.05) is 29.6 Å². The second-order valence-corrected chi connectivity index (χ2v) is 7.57. The second kappa shape index (κ2) is 8.31. The van der Waals surface area contributed by atoms with Gasteiger partial charge in [-0.1, -0.05) is 23.7 Å². The summed E-state index contributed by atoms with van der Waals surface area (Å²) in [6.07, 6.45) is 1.06. The Morgan fingerprint density at radius 1 is 1.15 bits per heavy atom. The van der Waals surface area contributed by atoms with Crippen LogP contribution in [0.4, 0.5) is 5.82 Å². The van der Waals surface area contributed by atoms with Gasteiger partial charge in [-0.25, -0.2) is 9.97 Å². The Balaban J connectivity index is 1.50. The van der Waals surface area contributed by atoms with Crippen molar-refractivity contribution in [1.29, 1.82) is 0 Å². The molecule has 1 aliphatic heterocycles. The Kier molecular flexibility index (Phi) is 5.65. The molecule has 0 bridgehead atoms. The molecule has 3 heterocycles. The Labute approximate surface area is 162 Å². The third kappa shape index (κ3) is 3.99. The zero-order chi connectivity index (χ0) is 17.8. The normalized spacial score (nSPS) is 15.4. The summed E-state index contributed by atoms with van der Waals surface area (Å²) in [5.41, 5.74) is 0.928. The Morgan fingerprint density at radius 3 is 2.81 bits per heavy atom. The molecular weight excluding hydrogens is 368 g/mol. The molecule has 0 saturated carbocycles. The Morgan fingerprint density at radius 2 is 2.00 bits per heavy atom. The van der Waals surface area contributed by atoms with Gasteiger partial charge >= 0.3 is 0 Å². The van der Waals surface area contributed by atoms with Crippen LogP contribution in [0.25, 0.3) is 21.6 Å². The van der Waals surface area contributed by atoms with Gasteiger partial charge in [-0.2, -0.15) is 0 Å². The predicted octanol–water partition coefficient (Wildman–Crippen LogP) is 4.15. The molecule has 0 radical (unpaired) electrons. The SMILES string of the molecule is Clc1ccsc1-c1nc(NCCCN2CCOCC2)c2ccccc2n1. The number of benzene rings is 1. The van der Waals surface area contributed by atoms with Gasteiger partial charge in [-0.3, -0.25) is 4.90 Å². The molecule has 1 aromatic carbocycles. The van der Waals surface area contributed by atoms with E-state index in [1.165, 1.54) is 0 Å². The summed E-state index contributed by atoms with van der Waals surface area (Å²) in [6.45, 7) is 5.68. The lowest BCUT2D eigenvalue weighted by molar-refractivity contribution is 0.0378. The molecule has 1 aliphatic rings. The van der Waals surface area contributed by atoms with E-state index in [-0.39, 0.29) is 0 Å². The van der Waals surface area contributed by atoms with Gasteiger partial charge < -0.3 is 10.1 Å². The minimum Gasteiger partial charge on any atom is -0.379 e. The lowest BCUT2D eigenvalue weighted by Crippen LogP contribution is -2.37. The van der Waals surface area contributed by atoms with Gasteiger partial charge in [0.05, 0.1) is 28.6 Å². The number of aromatic nitrogens is 2. The van der Waals surface area contributed by atoms with Crippen molar-refractivity contribution < 1.29 is 4.74 Å². The number of fused-ring (bicyclic) bond motifs is 1. The number of para-hydroxylation sites is 1. The van der Waals surface area contributed by atoms with Gasteiger partial charge in [-0.15, -0.1) is 11.3 Å². The fourth-order valence-electron chi connectivity index (χ4n) is 3.10. The molecule has 4 rings (SSSR count). The van der Waals surface area contributed by atoms with E-state index >= 15 is 0 Å². The van der Waals surface area contributed by atoms with Crippen LogP contribution < -0.4 is 5.32 Å². The highest BCUT2D eigenvalue weighted by molar-refractivity contribution is 7.14. The number of hydrogen-bond donors (Lipinski definition) is 1. The molecule has 26 heavy (non-hydrogen) atoms. The van der Waals surface area contributed by atoms with Crippen LogP contribution in [0.2, 0.25) is 5.02 Å². The van der Waals surface area contributed by atoms with Gasteiger partial charge in [-0.05, 0) is 36.5 Å². The van der Waals surface area contributed by atoms with Gasteiger partial charge in [0.1, 0.15) is 5.82 Å². The summed E-state index contributed by atoms with van der Waals surface area (Å²) >= 11 is 7.85. The van der Waals surface area contributed by atoms with E-state index in [0.717, 1.165) is 67.4 Å². The summed E-state index contributed by atoms with van der Waals surface area (Å²) in [7, 11) is 0. The zero-order valence-electron chi connectivity index (χ0n) is 14.4. The monoisotopic (exact) mass is 388 g/mol. The standard InChI is InChI=1S/C19H21ClN4OS/c20-15-6-13-26-17(15)19-22-16-5-2-1-4-14(16)18(23-19)21-7-3-8-24-9-11-25-12-10-24/h1-2,4-6,13H,3,7-12H2,(H,21,22,23). The molecular formula is C19H21ClN4OS. The highest BCUT2D eigenvalue weighted by atomic mass is 35.5. The first-order chi connectivity index (χ1) is 12.8. The molecule has 0 unspecified atom stereocenters. The third-order valence-corrected chi connectivity index (χ3v) is 5.81. The molecule has 0 atom stereocenters. The van der Waals surface area contributed by atoms with Gasteiger partial charge in [0.15, 0.2) is 5.82 Å². The molecule has 136 valence electrons. The predicted molar refractivity (Wildman–Crippen MR) is 108 cm³/mol. The molecule has 5 nitrogen and oxygen atoms in total. The lowest BCUT2D eigenvalue weighted by atomic mass is 10.2. The first kappa shape index (κ1) is 17.7. The number of hydrogen-bond acceptors (Lipinski definition) is 6. The van der Waals surface area contributed by atoms with E-state index in [1.54, 1.807) is 11.3 Å². The lowest BCUT2D eigenvalue weighted by Gasteiger charge is -2.26. The van der Waals surface area contributed by atoms with Crippen molar-refractivity contribution in [2.75, 3.05) is 44.7 Å². The highest BCUT2D eigenvalue weighted by Crippen LogP contribution is 2.33. The van der Waals surface area contributed by atoms with Crippen LogP contribution in [0.15, 0.2) is 35.7 Å². The topological polar surface area (TPSA) is 50.3 Å². The first-order valence-corrected chi connectivity index (χ1v) is 10.1. The minimum absolute atomic E-state index is 0.680. The van der Waals surface area contributed by atoms with Crippen LogP contribution in [0.3, 0.4) is 0 Å². The quantitative estimate of drug-likeness (QED) is 0.643. The molecule has 3 aromatic rings. The second-order valence-electron chi connectivity index (χ2n) is 6.24. The summed E-state index contributed by atoms with van der Waals surface area (Å²) in [5.74, 6) is 1.55. The van der Waals surface area contributed by atoms with E-state index in [9.17, 15) is 0 Å². The fourth-order valence-corrected chi connectivity index (χ4v) is 4.17. The Bertz CT molecular complexity index is 879. The number of nitrogens with one attached hydrogen (secondary N) is 1. The average molecular weight is 389 g/mol. The maximum absolute atomic E-state index is 6.28. The summed E-state index contributed by atoms with van der Waals surface area (Å²) in [5, 5.41) is 7.20. The molecule has 0 spiro atoms. The van der Waals surface area contributed by atoms with Gasteiger partial charge in [0.2, 0.25) is 0 Å². The van der Waals surface area contributed by atoms with Crippen molar-refractivity contribution in [3.63, 3.8) is 0 Å². The molecule has 2 aromatic heterocycles.